The number of hydrogen-bond acceptors (Lipinski definition) is 3. The molecule has 0 aliphatic carbocycles. The third-order valence-corrected chi connectivity index (χ3v) is 3.36. The average Bonchev–Trinajstić information content (AvgIpc) is 2.50. The van der Waals surface area contributed by atoms with E-state index >= 15 is 0 Å². The predicted octanol–water partition coefficient (Wildman–Crippen LogP) is 1.94. The van der Waals surface area contributed by atoms with Crippen molar-refractivity contribution in [2.75, 3.05) is 13.6 Å². The molecule has 1 amide bonds. The second kappa shape index (κ2) is 8.48. The normalized spacial score (nSPS) is 11.9. The van der Waals surface area contributed by atoms with E-state index in [0.717, 1.165) is 6.42 Å². The molecule has 4 nitrogen and oxygen atoms in total. The van der Waals surface area contributed by atoms with Crippen molar-refractivity contribution in [2.45, 2.75) is 39.2 Å². The summed E-state index contributed by atoms with van der Waals surface area (Å²) in [5.74, 6) is -0.0601. The van der Waals surface area contributed by atoms with Crippen LogP contribution in [0, 0.1) is 0 Å². The van der Waals surface area contributed by atoms with Gasteiger partial charge < -0.3 is 10.6 Å². The third-order valence-electron chi connectivity index (χ3n) is 3.36. The van der Waals surface area contributed by atoms with Crippen molar-refractivity contribution in [1.82, 2.24) is 10.6 Å². The van der Waals surface area contributed by atoms with Crippen LogP contribution in [0.4, 0.5) is 0 Å². The lowest BCUT2D eigenvalue weighted by molar-refractivity contribution is -0.121. The van der Waals surface area contributed by atoms with Gasteiger partial charge in [0, 0.05) is 31.0 Å². The summed E-state index contributed by atoms with van der Waals surface area (Å²) in [6, 6.07) is 7.82. The van der Waals surface area contributed by atoms with Crippen LogP contribution >= 0.6 is 0 Å². The van der Waals surface area contributed by atoms with Crippen molar-refractivity contribution < 1.29 is 9.59 Å². The molecule has 0 aliphatic rings. The number of amides is 1. The highest BCUT2D eigenvalue weighted by atomic mass is 16.2. The Balaban J connectivity index is 2.36. The van der Waals surface area contributed by atoms with Crippen LogP contribution in [0.25, 0.3) is 0 Å². The molecule has 0 aromatic heterocycles. The molecule has 0 fully saturated rings. The number of aryl methyl sites for hydroxylation is 1. The zero-order chi connectivity index (χ0) is 15.0. The first-order valence-corrected chi connectivity index (χ1v) is 7.13. The van der Waals surface area contributed by atoms with Crippen LogP contribution in [0.5, 0.6) is 0 Å². The van der Waals surface area contributed by atoms with Gasteiger partial charge in [0.25, 0.3) is 0 Å². The van der Waals surface area contributed by atoms with E-state index in [-0.39, 0.29) is 30.6 Å². The molecule has 4 heteroatoms. The maximum atomic E-state index is 12.0. The van der Waals surface area contributed by atoms with E-state index in [9.17, 15) is 9.59 Å². The van der Waals surface area contributed by atoms with Gasteiger partial charge in [0.05, 0.1) is 0 Å². The first-order chi connectivity index (χ1) is 9.56. The minimum atomic E-state index is -0.0781. The zero-order valence-electron chi connectivity index (χ0n) is 12.5. The molecule has 0 radical (unpaired) electrons. The summed E-state index contributed by atoms with van der Waals surface area (Å²) < 4.78 is 0. The average molecular weight is 276 g/mol. The lowest BCUT2D eigenvalue weighted by Gasteiger charge is -2.11. The van der Waals surface area contributed by atoms with Crippen molar-refractivity contribution in [1.29, 1.82) is 0 Å². The Bertz CT molecular complexity index is 440. The van der Waals surface area contributed by atoms with Crippen LogP contribution in [-0.2, 0) is 11.2 Å². The van der Waals surface area contributed by atoms with Gasteiger partial charge in [0.2, 0.25) is 5.91 Å². The summed E-state index contributed by atoms with van der Waals surface area (Å²) in [6.45, 7) is 4.64. The van der Waals surface area contributed by atoms with E-state index in [1.807, 2.05) is 38.2 Å². The second-order valence-electron chi connectivity index (χ2n) is 4.97. The maximum absolute atomic E-state index is 12.0. The van der Waals surface area contributed by atoms with Crippen LogP contribution in [0.3, 0.4) is 0 Å². The highest BCUT2D eigenvalue weighted by Gasteiger charge is 2.09. The minimum Gasteiger partial charge on any atom is -0.355 e. The van der Waals surface area contributed by atoms with Gasteiger partial charge in [0.15, 0.2) is 5.78 Å². The van der Waals surface area contributed by atoms with Crippen molar-refractivity contribution >= 4 is 11.7 Å². The first kappa shape index (κ1) is 16.4. The molecule has 1 aromatic rings. The molecule has 0 spiro atoms. The molecule has 0 saturated carbocycles. The van der Waals surface area contributed by atoms with E-state index in [1.54, 1.807) is 0 Å². The fourth-order valence-corrected chi connectivity index (χ4v) is 1.76. The van der Waals surface area contributed by atoms with Gasteiger partial charge in [-0.25, -0.2) is 0 Å². The summed E-state index contributed by atoms with van der Waals surface area (Å²) in [6.07, 6.45) is 1.45. The molecule has 0 saturated heterocycles. The van der Waals surface area contributed by atoms with Gasteiger partial charge in [-0.15, -0.1) is 0 Å². The predicted molar refractivity (Wildman–Crippen MR) is 80.9 cm³/mol. The molecule has 20 heavy (non-hydrogen) atoms. The fraction of sp³-hybridized carbons (Fsp3) is 0.500. The van der Waals surface area contributed by atoms with Crippen molar-refractivity contribution in [2.24, 2.45) is 0 Å². The summed E-state index contributed by atoms with van der Waals surface area (Å²) >= 11 is 0. The summed E-state index contributed by atoms with van der Waals surface area (Å²) in [4.78, 5) is 23.6. The molecule has 1 rings (SSSR count). The van der Waals surface area contributed by atoms with Gasteiger partial charge in [-0.3, -0.25) is 9.59 Å². The van der Waals surface area contributed by atoms with Crippen LogP contribution in [0.2, 0.25) is 0 Å². The first-order valence-electron chi connectivity index (χ1n) is 7.13. The van der Waals surface area contributed by atoms with Crippen molar-refractivity contribution in [3.8, 4) is 0 Å². The molecule has 2 N–H and O–H groups in total. The summed E-state index contributed by atoms with van der Waals surface area (Å²) in [5, 5.41) is 5.84. The molecular weight excluding hydrogens is 252 g/mol. The molecule has 1 unspecified atom stereocenters. The topological polar surface area (TPSA) is 58.2 Å². The highest BCUT2D eigenvalue weighted by Crippen LogP contribution is 2.08. The minimum absolute atomic E-state index is 0.0180. The standard InChI is InChI=1S/C16H24N2O2/c1-4-13-5-7-14(8-6-13)15(19)9-10-16(20)18-11-12(2)17-3/h5-8,12,17H,4,9-11H2,1-3H3,(H,18,20). The number of benzene rings is 1. The van der Waals surface area contributed by atoms with E-state index in [2.05, 4.69) is 17.6 Å². The fourth-order valence-electron chi connectivity index (χ4n) is 1.76. The number of carbonyl (C=O) groups excluding carboxylic acids is 2. The number of likely N-dealkylation sites (N-methyl/N-ethyl adjacent to an activating group) is 1. The van der Waals surface area contributed by atoms with Gasteiger partial charge in [-0.2, -0.15) is 0 Å². The number of nitrogens with one attached hydrogen (secondary N) is 2. The van der Waals surface area contributed by atoms with Crippen LogP contribution < -0.4 is 10.6 Å². The Morgan fingerprint density at radius 2 is 1.80 bits per heavy atom. The van der Waals surface area contributed by atoms with Crippen LogP contribution in [0.1, 0.15) is 42.6 Å². The lowest BCUT2D eigenvalue weighted by Crippen LogP contribution is -2.37. The molecule has 0 aliphatic heterocycles. The molecule has 0 bridgehead atoms. The number of hydrogen-bond donors (Lipinski definition) is 2. The van der Waals surface area contributed by atoms with Crippen molar-refractivity contribution in [3.05, 3.63) is 35.4 Å². The maximum Gasteiger partial charge on any atom is 0.220 e. The second-order valence-corrected chi connectivity index (χ2v) is 4.97. The van der Waals surface area contributed by atoms with E-state index in [0.29, 0.717) is 12.1 Å². The molecular formula is C16H24N2O2. The lowest BCUT2D eigenvalue weighted by atomic mass is 10.0. The Labute approximate surface area is 121 Å². The largest absolute Gasteiger partial charge is 0.355 e. The van der Waals surface area contributed by atoms with Gasteiger partial charge >= 0.3 is 0 Å². The third kappa shape index (κ3) is 5.53. The molecule has 0 heterocycles. The number of ketones is 1. The van der Waals surface area contributed by atoms with E-state index < -0.39 is 0 Å². The van der Waals surface area contributed by atoms with Crippen molar-refractivity contribution in [3.63, 3.8) is 0 Å². The van der Waals surface area contributed by atoms with Gasteiger partial charge in [-0.1, -0.05) is 31.2 Å². The summed E-state index contributed by atoms with van der Waals surface area (Å²) in [7, 11) is 1.85. The van der Waals surface area contributed by atoms with Gasteiger partial charge in [-0.05, 0) is 26.0 Å². The molecule has 1 atom stereocenters. The van der Waals surface area contributed by atoms with Crippen LogP contribution in [0.15, 0.2) is 24.3 Å². The molecule has 110 valence electrons. The number of Topliss-reactive ketones (excluding diaryl/α,β-unsaturated/α-hetero) is 1. The van der Waals surface area contributed by atoms with E-state index in [4.69, 9.17) is 0 Å². The summed E-state index contributed by atoms with van der Waals surface area (Å²) in [5.41, 5.74) is 1.89. The van der Waals surface area contributed by atoms with Crippen LogP contribution in [-0.4, -0.2) is 31.3 Å². The highest BCUT2D eigenvalue weighted by molar-refractivity contribution is 5.97. The number of carbonyl (C=O) groups is 2. The Morgan fingerprint density at radius 1 is 1.15 bits per heavy atom. The Kier molecular flexibility index (Phi) is 6.94. The Morgan fingerprint density at radius 3 is 2.35 bits per heavy atom. The quantitative estimate of drug-likeness (QED) is 0.713. The zero-order valence-corrected chi connectivity index (χ0v) is 12.5. The number of rotatable bonds is 8. The van der Waals surface area contributed by atoms with E-state index in [1.165, 1.54) is 5.56 Å². The van der Waals surface area contributed by atoms with Gasteiger partial charge in [0.1, 0.15) is 0 Å². The smallest absolute Gasteiger partial charge is 0.220 e. The SMILES string of the molecule is CCc1ccc(C(=O)CCC(=O)NCC(C)NC)cc1. The Hall–Kier alpha value is -1.68. The monoisotopic (exact) mass is 276 g/mol. The molecule has 1 aromatic carbocycles.